The van der Waals surface area contributed by atoms with Gasteiger partial charge in [-0.15, -0.1) is 0 Å². The first kappa shape index (κ1) is 8.54. The maximum absolute atomic E-state index is 5.56. The van der Waals surface area contributed by atoms with E-state index in [9.17, 15) is 0 Å². The quantitative estimate of drug-likeness (QED) is 0.679. The molecule has 0 radical (unpaired) electrons. The van der Waals surface area contributed by atoms with Crippen LogP contribution in [0.2, 0.25) is 0 Å². The third kappa shape index (κ3) is 0.949. The van der Waals surface area contributed by atoms with Gasteiger partial charge in [0.15, 0.2) is 0 Å². The fourth-order valence-corrected chi connectivity index (χ4v) is 3.23. The van der Waals surface area contributed by atoms with Crippen molar-refractivity contribution in [3.63, 3.8) is 0 Å². The van der Waals surface area contributed by atoms with Crippen LogP contribution in [0.15, 0.2) is 16.7 Å². The van der Waals surface area contributed by atoms with Crippen LogP contribution in [-0.4, -0.2) is 13.1 Å². The summed E-state index contributed by atoms with van der Waals surface area (Å²) in [5, 5.41) is 3.50. The van der Waals surface area contributed by atoms with Crippen molar-refractivity contribution in [2.24, 2.45) is 5.92 Å². The van der Waals surface area contributed by atoms with Crippen LogP contribution >= 0.6 is 0 Å². The molecule has 2 unspecified atom stereocenters. The second-order valence-electron chi connectivity index (χ2n) is 4.78. The van der Waals surface area contributed by atoms with Crippen LogP contribution in [0.4, 0.5) is 0 Å². The van der Waals surface area contributed by atoms with Gasteiger partial charge in [-0.2, -0.15) is 0 Å². The first-order valence-electron chi connectivity index (χ1n) is 5.60. The highest BCUT2D eigenvalue weighted by Gasteiger charge is 2.45. The summed E-state index contributed by atoms with van der Waals surface area (Å²) in [6.45, 7) is 4.69. The molecule has 1 aromatic heterocycles. The number of fused-ring (bicyclic) bond motifs is 2. The molecular weight excluding hydrogens is 174 g/mol. The van der Waals surface area contributed by atoms with E-state index in [4.69, 9.17) is 4.42 Å². The Labute approximate surface area is 84.7 Å². The Hall–Kier alpha value is -0.760. The van der Waals surface area contributed by atoms with Crippen LogP contribution in [0.3, 0.4) is 0 Å². The summed E-state index contributed by atoms with van der Waals surface area (Å²) in [4.78, 5) is 0. The van der Waals surface area contributed by atoms with E-state index >= 15 is 0 Å². The first-order valence-corrected chi connectivity index (χ1v) is 5.60. The van der Waals surface area contributed by atoms with Gasteiger partial charge in [0, 0.05) is 23.9 Å². The van der Waals surface area contributed by atoms with Crippen molar-refractivity contribution >= 4 is 0 Å². The maximum Gasteiger partial charge on any atom is 0.107 e. The van der Waals surface area contributed by atoms with E-state index in [0.717, 1.165) is 25.4 Å². The highest BCUT2D eigenvalue weighted by atomic mass is 16.3. The Kier molecular flexibility index (Phi) is 1.75. The molecule has 2 aliphatic rings. The van der Waals surface area contributed by atoms with Gasteiger partial charge < -0.3 is 9.73 Å². The Morgan fingerprint density at radius 3 is 3.29 bits per heavy atom. The largest absolute Gasteiger partial charge is 0.469 e. The Bertz CT molecular complexity index is 336. The van der Waals surface area contributed by atoms with Crippen molar-refractivity contribution in [2.45, 2.75) is 31.6 Å². The van der Waals surface area contributed by atoms with Gasteiger partial charge in [0.2, 0.25) is 0 Å². The van der Waals surface area contributed by atoms with Crippen LogP contribution in [0.5, 0.6) is 0 Å². The van der Waals surface area contributed by atoms with Crippen LogP contribution in [0.1, 0.15) is 31.1 Å². The zero-order chi connectivity index (χ0) is 9.60. The summed E-state index contributed by atoms with van der Waals surface area (Å²) in [6, 6.07) is 2.19. The van der Waals surface area contributed by atoms with Crippen LogP contribution in [-0.2, 0) is 11.8 Å². The standard InChI is InChI=1S/C12H17NO/c1-9-2-3-11-10(4-7-14-11)12(9)5-6-13-8-12/h4,7,9,13H,2-3,5-6,8H2,1H3. The molecule has 1 fully saturated rings. The first-order chi connectivity index (χ1) is 6.83. The normalized spacial score (nSPS) is 36.2. The van der Waals surface area contributed by atoms with E-state index < -0.39 is 0 Å². The van der Waals surface area contributed by atoms with Gasteiger partial charge in [-0.25, -0.2) is 0 Å². The molecule has 76 valence electrons. The molecular formula is C12H17NO. The lowest BCUT2D eigenvalue weighted by Crippen LogP contribution is -2.39. The summed E-state index contributed by atoms with van der Waals surface area (Å²) in [5.41, 5.74) is 1.88. The smallest absolute Gasteiger partial charge is 0.107 e. The van der Waals surface area contributed by atoms with E-state index in [1.54, 1.807) is 0 Å². The number of hydrogen-bond donors (Lipinski definition) is 1. The molecule has 1 N–H and O–H groups in total. The summed E-state index contributed by atoms with van der Waals surface area (Å²) in [5.74, 6) is 2.04. The maximum atomic E-state index is 5.56. The number of rotatable bonds is 0. The Morgan fingerprint density at radius 2 is 2.50 bits per heavy atom. The van der Waals surface area contributed by atoms with Gasteiger partial charge in [0.25, 0.3) is 0 Å². The van der Waals surface area contributed by atoms with Gasteiger partial charge in [-0.3, -0.25) is 0 Å². The van der Waals surface area contributed by atoms with E-state index in [0.29, 0.717) is 5.41 Å². The zero-order valence-corrected chi connectivity index (χ0v) is 8.68. The zero-order valence-electron chi connectivity index (χ0n) is 8.68. The second kappa shape index (κ2) is 2.86. The number of nitrogens with one attached hydrogen (secondary N) is 1. The summed E-state index contributed by atoms with van der Waals surface area (Å²) in [6.07, 6.45) is 5.55. The average Bonchev–Trinajstić information content (AvgIpc) is 2.82. The molecule has 2 nitrogen and oxygen atoms in total. The second-order valence-corrected chi connectivity index (χ2v) is 4.78. The van der Waals surface area contributed by atoms with Crippen LogP contribution in [0.25, 0.3) is 0 Å². The molecule has 2 atom stereocenters. The summed E-state index contributed by atoms with van der Waals surface area (Å²) < 4.78 is 5.56. The molecule has 0 aromatic carbocycles. The van der Waals surface area contributed by atoms with Gasteiger partial charge in [0.1, 0.15) is 5.76 Å². The Balaban J connectivity index is 2.11. The van der Waals surface area contributed by atoms with Crippen molar-refractivity contribution in [3.05, 3.63) is 23.7 Å². The molecule has 2 heteroatoms. The van der Waals surface area contributed by atoms with Crippen molar-refractivity contribution in [2.75, 3.05) is 13.1 Å². The molecule has 1 spiro atoms. The molecule has 3 rings (SSSR count). The van der Waals surface area contributed by atoms with Crippen molar-refractivity contribution < 1.29 is 4.42 Å². The highest BCUT2D eigenvalue weighted by Crippen LogP contribution is 2.45. The van der Waals surface area contributed by atoms with Gasteiger partial charge >= 0.3 is 0 Å². The number of hydrogen-bond acceptors (Lipinski definition) is 2. The molecule has 2 heterocycles. The van der Waals surface area contributed by atoms with E-state index in [2.05, 4.69) is 18.3 Å². The predicted octanol–water partition coefficient (Wildman–Crippen LogP) is 2.09. The number of aryl methyl sites for hydroxylation is 1. The minimum Gasteiger partial charge on any atom is -0.469 e. The monoisotopic (exact) mass is 191 g/mol. The summed E-state index contributed by atoms with van der Waals surface area (Å²) >= 11 is 0. The van der Waals surface area contributed by atoms with E-state index in [1.807, 2.05) is 6.26 Å². The van der Waals surface area contributed by atoms with Crippen LogP contribution < -0.4 is 5.32 Å². The lowest BCUT2D eigenvalue weighted by atomic mass is 9.65. The molecule has 0 bridgehead atoms. The highest BCUT2D eigenvalue weighted by molar-refractivity contribution is 5.33. The predicted molar refractivity (Wildman–Crippen MR) is 55.4 cm³/mol. The van der Waals surface area contributed by atoms with Crippen molar-refractivity contribution in [1.29, 1.82) is 0 Å². The molecule has 1 saturated heterocycles. The third-order valence-corrected chi connectivity index (χ3v) is 4.22. The number of furan rings is 1. The lowest BCUT2D eigenvalue weighted by Gasteiger charge is -2.38. The average molecular weight is 191 g/mol. The van der Waals surface area contributed by atoms with E-state index in [-0.39, 0.29) is 0 Å². The molecule has 14 heavy (non-hydrogen) atoms. The van der Waals surface area contributed by atoms with Gasteiger partial charge in [-0.05, 0) is 31.4 Å². The third-order valence-electron chi connectivity index (χ3n) is 4.22. The molecule has 1 aliphatic carbocycles. The molecule has 0 saturated carbocycles. The minimum absolute atomic E-state index is 0.389. The minimum atomic E-state index is 0.389. The Morgan fingerprint density at radius 1 is 1.57 bits per heavy atom. The molecule has 0 amide bonds. The van der Waals surface area contributed by atoms with Crippen molar-refractivity contribution in [3.8, 4) is 0 Å². The SMILES string of the molecule is CC1CCc2occc2C12CCNC2. The fraction of sp³-hybridized carbons (Fsp3) is 0.667. The lowest BCUT2D eigenvalue weighted by molar-refractivity contribution is 0.260. The van der Waals surface area contributed by atoms with Crippen molar-refractivity contribution in [1.82, 2.24) is 5.32 Å². The molecule has 1 aromatic rings. The van der Waals surface area contributed by atoms with Gasteiger partial charge in [0.05, 0.1) is 6.26 Å². The molecule has 1 aliphatic heterocycles. The van der Waals surface area contributed by atoms with Crippen LogP contribution in [0, 0.1) is 5.92 Å². The summed E-state index contributed by atoms with van der Waals surface area (Å²) in [7, 11) is 0. The van der Waals surface area contributed by atoms with E-state index in [1.165, 1.54) is 24.2 Å². The van der Waals surface area contributed by atoms with Gasteiger partial charge in [-0.1, -0.05) is 6.92 Å². The topological polar surface area (TPSA) is 25.2 Å². The fourth-order valence-electron chi connectivity index (χ4n) is 3.23.